The topological polar surface area (TPSA) is 138 Å². The zero-order valence-electron chi connectivity index (χ0n) is 13.5. The fraction of sp³-hybridized carbons (Fsp3) is 0.286. The fourth-order valence-electron chi connectivity index (χ4n) is 1.74. The zero-order chi connectivity index (χ0) is 18.6. The molecule has 0 aliphatic heterocycles. The number of benzene rings is 1. The number of amides is 1. The number of carbonyl (C=O) groups excluding carboxylic acids is 2. The number of nitrogens with one attached hydrogen (secondary N) is 1. The fourth-order valence-corrected chi connectivity index (χ4v) is 2.81. The molecule has 0 aliphatic carbocycles. The summed E-state index contributed by atoms with van der Waals surface area (Å²) in [7, 11) is -3.28. The van der Waals surface area contributed by atoms with Crippen molar-refractivity contribution < 1.29 is 32.0 Å². The first-order chi connectivity index (χ1) is 11.7. The van der Waals surface area contributed by atoms with Crippen LogP contribution in [0.2, 0.25) is 0 Å². The lowest BCUT2D eigenvalue weighted by Crippen LogP contribution is -2.34. The molecule has 1 aromatic carbocycles. The van der Waals surface area contributed by atoms with E-state index in [9.17, 15) is 18.0 Å². The number of methoxy groups -OCH3 is 1. The molecule has 0 radical (unpaired) electrons. The van der Waals surface area contributed by atoms with Crippen LogP contribution in [0.5, 0.6) is 6.01 Å². The molecule has 25 heavy (non-hydrogen) atoms. The number of carbonyl (C=O) groups is 2. The zero-order valence-corrected chi connectivity index (χ0v) is 14.4. The van der Waals surface area contributed by atoms with Gasteiger partial charge in [-0.05, 0) is 17.3 Å². The Morgan fingerprint density at radius 2 is 1.92 bits per heavy atom. The maximum Gasteiger partial charge on any atom is 0.429 e. The SMILES string of the molecule is COC(=O)c1ccccc1S(=O)(=O)NC(=O)Oc1noc(C(C)C)n1. The van der Waals surface area contributed by atoms with Crippen LogP contribution in [0.4, 0.5) is 4.79 Å². The Morgan fingerprint density at radius 3 is 2.52 bits per heavy atom. The normalized spacial score (nSPS) is 11.2. The lowest BCUT2D eigenvalue weighted by Gasteiger charge is -2.09. The minimum atomic E-state index is -4.39. The molecule has 0 aliphatic rings. The third-order valence-electron chi connectivity index (χ3n) is 2.90. The summed E-state index contributed by atoms with van der Waals surface area (Å²) in [6, 6.07) is 4.81. The highest BCUT2D eigenvalue weighted by Gasteiger charge is 2.26. The number of ether oxygens (including phenoxy) is 2. The van der Waals surface area contributed by atoms with Gasteiger partial charge in [0.05, 0.1) is 12.7 Å². The van der Waals surface area contributed by atoms with Gasteiger partial charge in [0, 0.05) is 5.92 Å². The quantitative estimate of drug-likeness (QED) is 0.776. The van der Waals surface area contributed by atoms with Gasteiger partial charge in [-0.1, -0.05) is 26.0 Å². The van der Waals surface area contributed by atoms with E-state index in [4.69, 9.17) is 4.52 Å². The number of nitrogens with zero attached hydrogens (tertiary/aromatic N) is 2. The van der Waals surface area contributed by atoms with Crippen molar-refractivity contribution in [2.75, 3.05) is 7.11 Å². The molecule has 0 saturated heterocycles. The number of rotatable bonds is 5. The molecule has 1 N–H and O–H groups in total. The first-order valence-corrected chi connectivity index (χ1v) is 8.48. The van der Waals surface area contributed by atoms with E-state index < -0.39 is 33.0 Å². The average molecular weight is 369 g/mol. The Kier molecular flexibility index (Phi) is 5.37. The molecule has 0 unspecified atom stereocenters. The lowest BCUT2D eigenvalue weighted by molar-refractivity contribution is 0.0596. The molecule has 2 rings (SSSR count). The van der Waals surface area contributed by atoms with E-state index in [1.165, 1.54) is 18.2 Å². The second-order valence-corrected chi connectivity index (χ2v) is 6.70. The molecule has 0 atom stereocenters. The van der Waals surface area contributed by atoms with Gasteiger partial charge in [-0.25, -0.2) is 22.7 Å². The Hall–Kier alpha value is -2.95. The van der Waals surface area contributed by atoms with Crippen LogP contribution in [-0.4, -0.2) is 37.7 Å². The number of sulfonamides is 1. The predicted octanol–water partition coefficient (Wildman–Crippen LogP) is 1.46. The van der Waals surface area contributed by atoms with E-state index in [1.54, 1.807) is 18.6 Å². The summed E-state index contributed by atoms with van der Waals surface area (Å²) >= 11 is 0. The molecule has 1 heterocycles. The minimum absolute atomic E-state index is 0.0939. The Balaban J connectivity index is 2.18. The van der Waals surface area contributed by atoms with E-state index in [2.05, 4.69) is 19.6 Å². The minimum Gasteiger partial charge on any atom is -0.465 e. The monoisotopic (exact) mass is 369 g/mol. The van der Waals surface area contributed by atoms with Gasteiger partial charge in [0.25, 0.3) is 10.0 Å². The summed E-state index contributed by atoms with van der Waals surface area (Å²) in [4.78, 5) is 26.8. The van der Waals surface area contributed by atoms with Crippen molar-refractivity contribution in [3.63, 3.8) is 0 Å². The molecule has 0 spiro atoms. The van der Waals surface area contributed by atoms with Gasteiger partial charge in [0.15, 0.2) is 0 Å². The van der Waals surface area contributed by atoms with Crippen LogP contribution in [0.25, 0.3) is 0 Å². The van der Waals surface area contributed by atoms with Crippen molar-refractivity contribution in [1.82, 2.24) is 14.9 Å². The first-order valence-electron chi connectivity index (χ1n) is 7.00. The number of hydrogen-bond donors (Lipinski definition) is 1. The maximum absolute atomic E-state index is 12.3. The van der Waals surface area contributed by atoms with E-state index in [-0.39, 0.29) is 17.4 Å². The predicted molar refractivity (Wildman–Crippen MR) is 82.5 cm³/mol. The highest BCUT2D eigenvalue weighted by atomic mass is 32.2. The Bertz CT molecular complexity index is 889. The van der Waals surface area contributed by atoms with Crippen LogP contribution in [0.15, 0.2) is 33.7 Å². The van der Waals surface area contributed by atoms with Crippen LogP contribution in [0, 0.1) is 0 Å². The highest BCUT2D eigenvalue weighted by Crippen LogP contribution is 2.17. The van der Waals surface area contributed by atoms with Gasteiger partial charge in [0.2, 0.25) is 5.89 Å². The smallest absolute Gasteiger partial charge is 0.429 e. The number of esters is 1. The van der Waals surface area contributed by atoms with Crippen molar-refractivity contribution in [2.45, 2.75) is 24.7 Å². The average Bonchev–Trinajstić information content (AvgIpc) is 3.02. The maximum atomic E-state index is 12.3. The van der Waals surface area contributed by atoms with Gasteiger partial charge in [0.1, 0.15) is 4.90 Å². The van der Waals surface area contributed by atoms with Crippen molar-refractivity contribution in [3.8, 4) is 6.01 Å². The molecular formula is C14H15N3O7S. The number of hydrogen-bond acceptors (Lipinski definition) is 9. The van der Waals surface area contributed by atoms with Crippen molar-refractivity contribution in [3.05, 3.63) is 35.7 Å². The molecule has 10 nitrogen and oxygen atoms in total. The molecule has 0 bridgehead atoms. The largest absolute Gasteiger partial charge is 0.465 e. The molecule has 1 amide bonds. The first kappa shape index (κ1) is 18.4. The van der Waals surface area contributed by atoms with Gasteiger partial charge in [-0.2, -0.15) is 4.98 Å². The molecule has 2 aromatic rings. The van der Waals surface area contributed by atoms with E-state index >= 15 is 0 Å². The summed E-state index contributed by atoms with van der Waals surface area (Å²) in [5.74, 6) is -0.737. The van der Waals surface area contributed by atoms with E-state index in [0.717, 1.165) is 13.2 Å². The van der Waals surface area contributed by atoms with Crippen LogP contribution < -0.4 is 9.46 Å². The third-order valence-corrected chi connectivity index (χ3v) is 4.27. The van der Waals surface area contributed by atoms with Crippen molar-refractivity contribution in [1.29, 1.82) is 0 Å². The van der Waals surface area contributed by atoms with Crippen LogP contribution >= 0.6 is 0 Å². The molecule has 11 heteroatoms. The van der Waals surface area contributed by atoms with Crippen molar-refractivity contribution >= 4 is 22.1 Å². The van der Waals surface area contributed by atoms with Crippen LogP contribution in [-0.2, 0) is 14.8 Å². The van der Waals surface area contributed by atoms with E-state index in [0.29, 0.717) is 0 Å². The standard InChI is InChI=1S/C14H15N3O7S/c1-8(2)11-15-13(16-24-11)23-14(19)17-25(20,21)10-7-5-4-6-9(10)12(18)22-3/h4-8H,1-3H3,(H,17,19). The summed E-state index contributed by atoms with van der Waals surface area (Å²) in [5, 5.41) is 3.40. The molecular weight excluding hydrogens is 354 g/mol. The van der Waals surface area contributed by atoms with Gasteiger partial charge < -0.3 is 14.0 Å². The van der Waals surface area contributed by atoms with Crippen LogP contribution in [0.3, 0.4) is 0 Å². The highest BCUT2D eigenvalue weighted by molar-refractivity contribution is 7.90. The summed E-state index contributed by atoms with van der Waals surface area (Å²) < 4.78 is 40.3. The second kappa shape index (κ2) is 7.30. The molecule has 0 saturated carbocycles. The van der Waals surface area contributed by atoms with Gasteiger partial charge in [-0.3, -0.25) is 0 Å². The van der Waals surface area contributed by atoms with Gasteiger partial charge >= 0.3 is 18.1 Å². The summed E-state index contributed by atoms with van der Waals surface area (Å²) in [5.41, 5.74) is -0.230. The molecule has 134 valence electrons. The van der Waals surface area contributed by atoms with Crippen LogP contribution in [0.1, 0.15) is 36.0 Å². The van der Waals surface area contributed by atoms with E-state index in [1.807, 2.05) is 0 Å². The lowest BCUT2D eigenvalue weighted by atomic mass is 10.2. The van der Waals surface area contributed by atoms with Gasteiger partial charge in [-0.15, -0.1) is 0 Å². The summed E-state index contributed by atoms with van der Waals surface area (Å²) in [6.07, 6.45) is -1.35. The second-order valence-electron chi connectivity index (χ2n) is 5.05. The Morgan fingerprint density at radius 1 is 1.24 bits per heavy atom. The molecule has 1 aromatic heterocycles. The Labute approximate surface area is 143 Å². The summed E-state index contributed by atoms with van der Waals surface area (Å²) in [6.45, 7) is 3.57. The van der Waals surface area contributed by atoms with Crippen molar-refractivity contribution in [2.24, 2.45) is 0 Å². The number of aromatic nitrogens is 2. The third kappa shape index (κ3) is 4.32. The molecule has 0 fully saturated rings.